The van der Waals surface area contributed by atoms with Crippen molar-refractivity contribution < 1.29 is 38.2 Å². The Morgan fingerprint density at radius 1 is 0.980 bits per heavy atom. The molecule has 0 radical (unpaired) electrons. The van der Waals surface area contributed by atoms with Crippen molar-refractivity contribution in [2.24, 2.45) is 17.3 Å². The number of amides is 2. The zero-order valence-corrected chi connectivity index (χ0v) is 28.3. The van der Waals surface area contributed by atoms with Crippen LogP contribution in [0.25, 0.3) is 11.3 Å². The Morgan fingerprint density at radius 3 is 2.36 bits per heavy atom. The summed E-state index contributed by atoms with van der Waals surface area (Å²) in [5, 5.41) is 24.3. The number of fused-ring (bicyclic) bond motifs is 2. The number of hydrogen-bond acceptors (Lipinski definition) is 12. The highest BCUT2D eigenvalue weighted by Gasteiger charge is 2.62. The summed E-state index contributed by atoms with van der Waals surface area (Å²) in [4.78, 5) is 72.0. The van der Waals surface area contributed by atoms with Crippen molar-refractivity contribution in [3.63, 3.8) is 0 Å². The number of thiophene rings is 1. The third-order valence-electron chi connectivity index (χ3n) is 9.76. The summed E-state index contributed by atoms with van der Waals surface area (Å²) in [6.07, 6.45) is 0.780. The zero-order chi connectivity index (χ0) is 35.6. The minimum absolute atomic E-state index is 0.0109. The lowest BCUT2D eigenvalue weighted by atomic mass is 9.72. The van der Waals surface area contributed by atoms with Gasteiger partial charge in [-0.05, 0) is 66.5 Å². The number of anilines is 2. The fourth-order valence-corrected chi connectivity index (χ4v) is 8.49. The molecule has 0 bridgehead atoms. The Labute approximate surface area is 289 Å². The molecule has 4 atom stereocenters. The number of ether oxygens (including phenoxy) is 1. The number of benzene rings is 2. The summed E-state index contributed by atoms with van der Waals surface area (Å²) in [6, 6.07) is 13.5. The van der Waals surface area contributed by atoms with Gasteiger partial charge >= 0.3 is 5.97 Å². The number of carbonyl (C=O) groups excluding carboxylic acids is 3. The van der Waals surface area contributed by atoms with Crippen LogP contribution in [0.1, 0.15) is 59.8 Å². The van der Waals surface area contributed by atoms with Crippen LogP contribution in [0.4, 0.5) is 22.1 Å². The van der Waals surface area contributed by atoms with E-state index in [4.69, 9.17) is 14.0 Å². The van der Waals surface area contributed by atoms with E-state index in [2.05, 4.69) is 20.8 Å². The summed E-state index contributed by atoms with van der Waals surface area (Å²) in [5.41, 5.74) is 1.40. The first-order valence-corrected chi connectivity index (χ1v) is 16.8. The second kappa shape index (κ2) is 12.2. The Bertz CT molecular complexity index is 2060. The van der Waals surface area contributed by atoms with E-state index in [-0.39, 0.29) is 38.8 Å². The Kier molecular flexibility index (Phi) is 8.06. The number of rotatable bonds is 7. The molecule has 15 heteroatoms. The number of non-ortho nitro benzene ring substituents is 2. The number of imide groups is 1. The molecule has 4 aromatic rings. The number of methoxy groups -OCH3 is 1. The van der Waals surface area contributed by atoms with Gasteiger partial charge in [0.05, 0.1) is 28.2 Å². The van der Waals surface area contributed by atoms with E-state index < -0.39 is 45.7 Å². The molecule has 2 fully saturated rings. The van der Waals surface area contributed by atoms with Crippen molar-refractivity contribution in [1.82, 2.24) is 0 Å². The molecule has 7 rings (SSSR count). The van der Waals surface area contributed by atoms with Crippen molar-refractivity contribution in [2.45, 2.75) is 52.2 Å². The second-order valence-electron chi connectivity index (χ2n) is 13.6. The predicted octanol–water partition coefficient (Wildman–Crippen LogP) is 6.81. The highest BCUT2D eigenvalue weighted by molar-refractivity contribution is 7.17. The third kappa shape index (κ3) is 5.42. The van der Waals surface area contributed by atoms with Crippen LogP contribution in [0.3, 0.4) is 0 Å². The molecule has 0 saturated carbocycles. The maximum absolute atomic E-state index is 14.6. The molecule has 14 nitrogen and oxygen atoms in total. The predicted molar refractivity (Wildman–Crippen MR) is 181 cm³/mol. The molecule has 2 saturated heterocycles. The monoisotopic (exact) mass is 700 g/mol. The van der Waals surface area contributed by atoms with E-state index in [1.165, 1.54) is 66.0 Å². The topological polar surface area (TPSA) is 176 Å². The molecule has 2 aromatic heterocycles. The molecular formula is C35H32N4O10S. The van der Waals surface area contributed by atoms with Gasteiger partial charge in [-0.15, -0.1) is 11.3 Å². The molecule has 1 aliphatic carbocycles. The van der Waals surface area contributed by atoms with Gasteiger partial charge in [-0.25, -0.2) is 14.8 Å². The molecule has 2 amide bonds. The standard InChI is InChI=1S/C35H32N4O10S/c1-35(2,3)19-10-13-23-26(16-19)50-33(27(23)34(42)47-4)36-31(40)28-29(25-15-14-24(48-25)18-8-11-20(12-9-18)38(43)44)37(49-30(28)32(36)41)21-6-5-7-22(17-21)39(45)46/h5-9,11-12,14-15,17,19,28-30H,10,13,16H2,1-4H3. The van der Waals surface area contributed by atoms with Gasteiger partial charge in [0.1, 0.15) is 28.5 Å². The van der Waals surface area contributed by atoms with Crippen LogP contribution < -0.4 is 9.96 Å². The SMILES string of the molecule is COC(=O)c1c(N2C(=O)C3ON(c4cccc([N+](=O)[O-])c4)C(c4ccc(-c5ccc([N+](=O)[O-])cc5)o4)C3C2=O)sc2c1CCC(C(C)(C)C)C2. The van der Waals surface area contributed by atoms with E-state index in [9.17, 15) is 34.6 Å². The number of nitro groups is 2. The maximum atomic E-state index is 14.6. The lowest BCUT2D eigenvalue weighted by molar-refractivity contribution is -0.385. The van der Waals surface area contributed by atoms with Crippen LogP contribution in [0, 0.1) is 37.5 Å². The summed E-state index contributed by atoms with van der Waals surface area (Å²) in [7, 11) is 1.26. The quantitative estimate of drug-likeness (QED) is 0.0856. The van der Waals surface area contributed by atoms with Crippen LogP contribution in [0.5, 0.6) is 0 Å². The van der Waals surface area contributed by atoms with E-state index in [0.29, 0.717) is 30.1 Å². The Hall–Kier alpha value is -5.41. The van der Waals surface area contributed by atoms with Crippen LogP contribution in [0.2, 0.25) is 0 Å². The van der Waals surface area contributed by atoms with E-state index >= 15 is 0 Å². The van der Waals surface area contributed by atoms with Gasteiger partial charge in [-0.2, -0.15) is 0 Å². The molecule has 2 aliphatic heterocycles. The van der Waals surface area contributed by atoms with Crippen molar-refractivity contribution >= 4 is 51.2 Å². The number of hydroxylamine groups is 1. The second-order valence-corrected chi connectivity index (χ2v) is 14.7. The summed E-state index contributed by atoms with van der Waals surface area (Å²) in [6.45, 7) is 6.50. The third-order valence-corrected chi connectivity index (χ3v) is 11.0. The number of furan rings is 1. The smallest absolute Gasteiger partial charge is 0.341 e. The molecule has 50 heavy (non-hydrogen) atoms. The molecular weight excluding hydrogens is 668 g/mol. The Morgan fingerprint density at radius 2 is 1.70 bits per heavy atom. The maximum Gasteiger partial charge on any atom is 0.341 e. The van der Waals surface area contributed by atoms with Crippen LogP contribution >= 0.6 is 11.3 Å². The molecule has 2 aromatic carbocycles. The minimum atomic E-state index is -1.34. The minimum Gasteiger partial charge on any atom is -0.465 e. The lowest BCUT2D eigenvalue weighted by Gasteiger charge is -2.33. The average Bonchev–Trinajstić information content (AvgIpc) is 3.86. The zero-order valence-electron chi connectivity index (χ0n) is 27.5. The first-order valence-electron chi connectivity index (χ1n) is 15.9. The van der Waals surface area contributed by atoms with Gasteiger partial charge in [-0.3, -0.25) is 34.7 Å². The lowest BCUT2D eigenvalue weighted by Crippen LogP contribution is -2.37. The number of nitrogens with zero attached hydrogens (tertiary/aromatic N) is 4. The van der Waals surface area contributed by atoms with E-state index in [1.807, 2.05) is 0 Å². The number of hydrogen-bond donors (Lipinski definition) is 0. The fraction of sp³-hybridized carbons (Fsp3) is 0.343. The van der Waals surface area contributed by atoms with Gasteiger partial charge in [0, 0.05) is 34.7 Å². The van der Waals surface area contributed by atoms with Crippen molar-refractivity contribution in [1.29, 1.82) is 0 Å². The highest BCUT2D eigenvalue weighted by Crippen LogP contribution is 2.52. The molecule has 3 aliphatic rings. The molecule has 258 valence electrons. The summed E-state index contributed by atoms with van der Waals surface area (Å²) < 4.78 is 11.4. The van der Waals surface area contributed by atoms with Crippen molar-refractivity contribution in [3.05, 3.63) is 103 Å². The summed E-state index contributed by atoms with van der Waals surface area (Å²) >= 11 is 1.24. The largest absolute Gasteiger partial charge is 0.465 e. The Balaban J connectivity index is 1.30. The normalized spacial score (nSPS) is 21.7. The molecule has 0 N–H and O–H groups in total. The molecule has 0 spiro atoms. The van der Waals surface area contributed by atoms with Crippen molar-refractivity contribution in [2.75, 3.05) is 17.1 Å². The van der Waals surface area contributed by atoms with Crippen LogP contribution in [0.15, 0.2) is 65.1 Å². The highest BCUT2D eigenvalue weighted by atomic mass is 32.1. The van der Waals surface area contributed by atoms with Gasteiger partial charge in [0.15, 0.2) is 6.10 Å². The van der Waals surface area contributed by atoms with Gasteiger partial charge in [0.2, 0.25) is 5.91 Å². The van der Waals surface area contributed by atoms with Crippen molar-refractivity contribution in [3.8, 4) is 11.3 Å². The molecule has 4 unspecified atom stereocenters. The first kappa shape index (κ1) is 33.1. The number of esters is 1. The van der Waals surface area contributed by atoms with Crippen LogP contribution in [-0.2, 0) is 32.0 Å². The number of carbonyl (C=O) groups is 3. The van der Waals surface area contributed by atoms with Crippen LogP contribution in [-0.4, -0.2) is 40.8 Å². The van der Waals surface area contributed by atoms with Gasteiger partial charge in [0.25, 0.3) is 17.3 Å². The number of nitro benzene ring substituents is 2. The average molecular weight is 701 g/mol. The van der Waals surface area contributed by atoms with Gasteiger partial charge in [-0.1, -0.05) is 26.8 Å². The fourth-order valence-electron chi connectivity index (χ4n) is 7.07. The van der Waals surface area contributed by atoms with E-state index in [0.717, 1.165) is 21.8 Å². The molecule has 4 heterocycles. The summed E-state index contributed by atoms with van der Waals surface area (Å²) in [5.74, 6) is -2.23. The first-order chi connectivity index (χ1) is 23.8. The van der Waals surface area contributed by atoms with Gasteiger partial charge < -0.3 is 9.15 Å². The van der Waals surface area contributed by atoms with E-state index in [1.54, 1.807) is 18.2 Å².